The number of benzene rings is 2. The maximum Gasteiger partial charge on any atom is 0.326 e. The van der Waals surface area contributed by atoms with Crippen molar-refractivity contribution in [1.82, 2.24) is 4.90 Å². The van der Waals surface area contributed by atoms with Crippen molar-refractivity contribution < 1.29 is 33.0 Å². The molecule has 0 saturated carbocycles. The Labute approximate surface area is 193 Å². The Morgan fingerprint density at radius 2 is 1.94 bits per heavy atom. The van der Waals surface area contributed by atoms with Gasteiger partial charge in [0.1, 0.15) is 19.0 Å². The van der Waals surface area contributed by atoms with Crippen molar-refractivity contribution in [2.24, 2.45) is 0 Å². The van der Waals surface area contributed by atoms with Crippen molar-refractivity contribution in [2.45, 2.75) is 13.5 Å². The molecule has 0 unspecified atom stereocenters. The molecule has 1 aliphatic heterocycles. The van der Waals surface area contributed by atoms with Crippen molar-refractivity contribution in [3.05, 3.63) is 63.3 Å². The van der Waals surface area contributed by atoms with E-state index in [4.69, 9.17) is 25.8 Å². The third kappa shape index (κ3) is 5.60. The monoisotopic (exact) mass is 479 g/mol. The molecule has 0 aromatic heterocycles. The molecule has 32 heavy (non-hydrogen) atoms. The zero-order valence-corrected chi connectivity index (χ0v) is 18.8. The van der Waals surface area contributed by atoms with Crippen molar-refractivity contribution in [3.8, 4) is 11.5 Å². The number of rotatable bonds is 8. The lowest BCUT2D eigenvalue weighted by molar-refractivity contribution is -0.145. The number of methoxy groups -OCH3 is 1. The van der Waals surface area contributed by atoms with E-state index in [9.17, 15) is 18.8 Å². The maximum absolute atomic E-state index is 13.1. The van der Waals surface area contributed by atoms with Crippen LogP contribution in [0.5, 0.6) is 11.5 Å². The van der Waals surface area contributed by atoms with Crippen molar-refractivity contribution in [3.63, 3.8) is 0 Å². The van der Waals surface area contributed by atoms with Crippen LogP contribution in [0.2, 0.25) is 5.02 Å². The average molecular weight is 480 g/mol. The molecule has 7 nitrogen and oxygen atoms in total. The van der Waals surface area contributed by atoms with Crippen LogP contribution in [-0.4, -0.2) is 42.3 Å². The fraction of sp³-hybridized carbons (Fsp3) is 0.227. The van der Waals surface area contributed by atoms with Crippen LogP contribution in [0.4, 0.5) is 9.18 Å². The molecule has 2 aromatic carbocycles. The van der Waals surface area contributed by atoms with E-state index in [1.165, 1.54) is 25.3 Å². The van der Waals surface area contributed by atoms with Gasteiger partial charge in [-0.15, -0.1) is 0 Å². The lowest BCUT2D eigenvalue weighted by atomic mass is 10.1. The number of nitrogens with zero attached hydrogens (tertiary/aromatic N) is 1. The van der Waals surface area contributed by atoms with E-state index < -0.39 is 23.7 Å². The smallest absolute Gasteiger partial charge is 0.326 e. The number of hydrogen-bond donors (Lipinski definition) is 0. The molecule has 0 bridgehead atoms. The number of carbonyl (C=O) groups is 3. The second-order valence-electron chi connectivity index (χ2n) is 6.52. The fourth-order valence-electron chi connectivity index (χ4n) is 2.82. The number of carbonyl (C=O) groups excluding carboxylic acids is 3. The molecule has 1 heterocycles. The number of amides is 2. The van der Waals surface area contributed by atoms with E-state index in [1.54, 1.807) is 31.2 Å². The molecule has 0 spiro atoms. The van der Waals surface area contributed by atoms with Crippen molar-refractivity contribution in [2.75, 3.05) is 20.3 Å². The van der Waals surface area contributed by atoms with E-state index in [2.05, 4.69) is 0 Å². The highest BCUT2D eigenvalue weighted by atomic mass is 35.5. The fourth-order valence-corrected chi connectivity index (χ4v) is 3.93. The molecular weight excluding hydrogens is 461 g/mol. The summed E-state index contributed by atoms with van der Waals surface area (Å²) < 4.78 is 29.0. The summed E-state index contributed by atoms with van der Waals surface area (Å²) in [5.74, 6) is -1.01. The van der Waals surface area contributed by atoms with E-state index in [-0.39, 0.29) is 34.7 Å². The first-order chi connectivity index (χ1) is 15.3. The highest BCUT2D eigenvalue weighted by molar-refractivity contribution is 8.18. The SMILES string of the molecule is CCOC(=O)CN1C(=O)S/C(=C\c2cc(Cl)c(OCc3ccc(F)cc3)c(OC)c2)C1=O. The van der Waals surface area contributed by atoms with E-state index >= 15 is 0 Å². The molecule has 168 valence electrons. The number of imide groups is 1. The van der Waals surface area contributed by atoms with Gasteiger partial charge in [0, 0.05) is 0 Å². The van der Waals surface area contributed by atoms with Gasteiger partial charge < -0.3 is 14.2 Å². The number of thioether (sulfide) groups is 1. The topological polar surface area (TPSA) is 82.1 Å². The van der Waals surface area contributed by atoms with Gasteiger partial charge in [0.25, 0.3) is 11.1 Å². The number of esters is 1. The Morgan fingerprint density at radius 3 is 2.59 bits per heavy atom. The lowest BCUT2D eigenvalue weighted by Crippen LogP contribution is -2.34. The largest absolute Gasteiger partial charge is 0.493 e. The van der Waals surface area contributed by atoms with Gasteiger partial charge in [0.15, 0.2) is 11.5 Å². The first kappa shape index (κ1) is 23.6. The quantitative estimate of drug-likeness (QED) is 0.402. The van der Waals surface area contributed by atoms with Gasteiger partial charge in [-0.2, -0.15) is 0 Å². The van der Waals surface area contributed by atoms with Gasteiger partial charge in [-0.3, -0.25) is 19.3 Å². The van der Waals surface area contributed by atoms with Gasteiger partial charge >= 0.3 is 5.97 Å². The third-order valence-electron chi connectivity index (χ3n) is 4.31. The normalized spacial score (nSPS) is 14.8. The predicted molar refractivity (Wildman–Crippen MR) is 118 cm³/mol. The van der Waals surface area contributed by atoms with Crippen LogP contribution in [0.3, 0.4) is 0 Å². The average Bonchev–Trinajstić information content (AvgIpc) is 3.01. The molecule has 1 saturated heterocycles. The highest BCUT2D eigenvalue weighted by Gasteiger charge is 2.36. The van der Waals surface area contributed by atoms with E-state index in [1.807, 2.05) is 0 Å². The minimum absolute atomic E-state index is 0.136. The first-order valence-electron chi connectivity index (χ1n) is 9.48. The number of hydrogen-bond acceptors (Lipinski definition) is 7. The molecule has 0 atom stereocenters. The summed E-state index contributed by atoms with van der Waals surface area (Å²) in [6.45, 7) is 1.48. The molecule has 0 N–H and O–H groups in total. The van der Waals surface area contributed by atoms with Crippen LogP contribution in [-0.2, 0) is 20.9 Å². The van der Waals surface area contributed by atoms with Gasteiger partial charge in [-0.05, 0) is 60.2 Å². The Balaban J connectivity index is 1.78. The number of ether oxygens (including phenoxy) is 3. The van der Waals surface area contributed by atoms with Crippen LogP contribution in [0.15, 0.2) is 41.3 Å². The van der Waals surface area contributed by atoms with E-state index in [0.717, 1.165) is 10.5 Å². The van der Waals surface area contributed by atoms with Crippen LogP contribution >= 0.6 is 23.4 Å². The van der Waals surface area contributed by atoms with Crippen LogP contribution in [0.1, 0.15) is 18.1 Å². The highest BCUT2D eigenvalue weighted by Crippen LogP contribution is 2.39. The summed E-state index contributed by atoms with van der Waals surface area (Å²) in [6, 6.07) is 9.01. The Hall–Kier alpha value is -3.04. The molecule has 10 heteroatoms. The van der Waals surface area contributed by atoms with Gasteiger partial charge in [0.2, 0.25) is 0 Å². The second-order valence-corrected chi connectivity index (χ2v) is 7.92. The molecular formula is C22H19ClFNO6S. The van der Waals surface area contributed by atoms with Crippen molar-refractivity contribution >= 4 is 46.6 Å². The number of halogens is 2. The molecule has 2 aromatic rings. The minimum atomic E-state index is -0.664. The maximum atomic E-state index is 13.1. The summed E-state index contributed by atoms with van der Waals surface area (Å²) in [6.07, 6.45) is 1.48. The van der Waals surface area contributed by atoms with Crippen molar-refractivity contribution in [1.29, 1.82) is 0 Å². The Morgan fingerprint density at radius 1 is 1.22 bits per heavy atom. The van der Waals surface area contributed by atoms with Gasteiger partial charge in [-0.25, -0.2) is 4.39 Å². The minimum Gasteiger partial charge on any atom is -0.493 e. The van der Waals surface area contributed by atoms with Gasteiger partial charge in [-0.1, -0.05) is 23.7 Å². The molecule has 2 amide bonds. The second kappa shape index (κ2) is 10.5. The lowest BCUT2D eigenvalue weighted by Gasteiger charge is -2.14. The summed E-state index contributed by atoms with van der Waals surface area (Å²) >= 11 is 7.08. The van der Waals surface area contributed by atoms with Gasteiger partial charge in [0.05, 0.1) is 23.6 Å². The molecule has 3 rings (SSSR count). The zero-order chi connectivity index (χ0) is 23.3. The Kier molecular flexibility index (Phi) is 7.76. The van der Waals surface area contributed by atoms with Crippen LogP contribution in [0.25, 0.3) is 6.08 Å². The third-order valence-corrected chi connectivity index (χ3v) is 5.50. The summed E-state index contributed by atoms with van der Waals surface area (Å²) in [5, 5.41) is -0.338. The molecule has 1 aliphatic rings. The van der Waals surface area contributed by atoms with Crippen LogP contribution < -0.4 is 9.47 Å². The molecule has 1 fully saturated rings. The van der Waals surface area contributed by atoms with E-state index in [0.29, 0.717) is 23.1 Å². The molecule has 0 radical (unpaired) electrons. The predicted octanol–water partition coefficient (Wildman–Crippen LogP) is 4.67. The summed E-state index contributed by atoms with van der Waals surface area (Å²) in [5.41, 5.74) is 1.24. The first-order valence-corrected chi connectivity index (χ1v) is 10.7. The summed E-state index contributed by atoms with van der Waals surface area (Å²) in [4.78, 5) is 37.3. The Bertz CT molecular complexity index is 1070. The molecule has 0 aliphatic carbocycles. The summed E-state index contributed by atoms with van der Waals surface area (Å²) in [7, 11) is 1.44. The van der Waals surface area contributed by atoms with Crippen LogP contribution in [0, 0.1) is 5.82 Å². The zero-order valence-electron chi connectivity index (χ0n) is 17.2. The standard InChI is InChI=1S/C22H19ClFNO6S/c1-3-30-19(26)11-25-21(27)18(32-22(25)28)10-14-8-16(23)20(17(9-14)29-2)31-12-13-4-6-15(24)7-5-13/h4-10H,3,11-12H2,1-2H3/b18-10-.